The van der Waals surface area contributed by atoms with Gasteiger partial charge in [-0.15, -0.1) is 0 Å². The Balaban J connectivity index is 1.40. The molecule has 0 saturated carbocycles. The zero-order valence-corrected chi connectivity index (χ0v) is 21.2. The molecule has 0 spiro atoms. The second-order valence-electron chi connectivity index (χ2n) is 8.05. The van der Waals surface area contributed by atoms with Crippen LogP contribution in [-0.2, 0) is 12.8 Å². The first-order valence-electron chi connectivity index (χ1n) is 11.1. The molecule has 3 aromatic heterocycles. The second-order valence-corrected chi connectivity index (χ2v) is 9.37. The van der Waals surface area contributed by atoms with Gasteiger partial charge in [0.25, 0.3) is 5.89 Å². The molecule has 0 unspecified atom stereocenters. The molecular formula is C27H21BrClN3O3. The fourth-order valence-electron chi connectivity index (χ4n) is 4.02. The molecule has 0 bridgehead atoms. The van der Waals surface area contributed by atoms with Crippen molar-refractivity contribution in [1.29, 1.82) is 0 Å². The van der Waals surface area contributed by atoms with E-state index in [-0.39, 0.29) is 18.1 Å². The lowest BCUT2D eigenvalue weighted by Crippen LogP contribution is -2.16. The summed E-state index contributed by atoms with van der Waals surface area (Å²) in [5, 5.41) is 1.35. The maximum absolute atomic E-state index is 13.1. The van der Waals surface area contributed by atoms with Gasteiger partial charge in [0.15, 0.2) is 5.76 Å². The Labute approximate surface area is 215 Å². The number of rotatable bonds is 8. The lowest BCUT2D eigenvalue weighted by molar-refractivity contribution is 0.0958. The molecule has 0 aliphatic heterocycles. The van der Waals surface area contributed by atoms with Crippen molar-refractivity contribution in [1.82, 2.24) is 14.7 Å². The Morgan fingerprint density at radius 3 is 2.69 bits per heavy atom. The van der Waals surface area contributed by atoms with E-state index in [1.807, 2.05) is 49.4 Å². The number of hydrogen-bond donors (Lipinski definition) is 0. The highest BCUT2D eigenvalue weighted by Crippen LogP contribution is 2.32. The topological polar surface area (TPSA) is 70.2 Å². The van der Waals surface area contributed by atoms with Crippen LogP contribution in [0, 0.1) is 6.92 Å². The molecule has 0 aliphatic carbocycles. The summed E-state index contributed by atoms with van der Waals surface area (Å²) < 4.78 is 8.52. The van der Waals surface area contributed by atoms with E-state index in [1.54, 1.807) is 17.0 Å². The Hall–Kier alpha value is -3.42. The molecule has 35 heavy (non-hydrogen) atoms. The van der Waals surface area contributed by atoms with Crippen LogP contribution in [0.5, 0.6) is 0 Å². The highest BCUT2D eigenvalue weighted by molar-refractivity contribution is 9.10. The van der Waals surface area contributed by atoms with Crippen LogP contribution in [0.25, 0.3) is 22.4 Å². The summed E-state index contributed by atoms with van der Waals surface area (Å²) in [6.45, 7) is 2.40. The molecule has 0 saturated heterocycles. The lowest BCUT2D eigenvalue weighted by atomic mass is 10.1. The van der Waals surface area contributed by atoms with Crippen LogP contribution in [0.4, 0.5) is 0 Å². The van der Waals surface area contributed by atoms with Crippen LogP contribution in [0.1, 0.15) is 27.5 Å². The first-order chi connectivity index (χ1) is 17.0. The number of carbonyl (C=O) groups is 1. The molecule has 0 amide bonds. The van der Waals surface area contributed by atoms with Crippen molar-refractivity contribution < 1.29 is 14.0 Å². The van der Waals surface area contributed by atoms with Gasteiger partial charge in [0.1, 0.15) is 12.3 Å². The summed E-state index contributed by atoms with van der Waals surface area (Å²) in [7, 11) is 0. The minimum Gasteiger partial charge on any atom is -0.432 e. The number of aromatic nitrogens is 3. The third-order valence-corrected chi connectivity index (χ3v) is 6.62. The van der Waals surface area contributed by atoms with Gasteiger partial charge in [0.2, 0.25) is 5.78 Å². The predicted octanol–water partition coefficient (Wildman–Crippen LogP) is 6.51. The monoisotopic (exact) mass is 549 g/mol. The smallest absolute Gasteiger partial charge is 0.264 e. The number of Topliss-reactive ketones (excluding diaryl/α,β-unsaturated/α-hetero) is 1. The third kappa shape index (κ3) is 4.88. The van der Waals surface area contributed by atoms with Crippen molar-refractivity contribution >= 4 is 44.2 Å². The summed E-state index contributed by atoms with van der Waals surface area (Å²) in [5.74, 6) is 0.237. The zero-order chi connectivity index (χ0) is 24.4. The van der Waals surface area contributed by atoms with E-state index >= 15 is 0 Å². The zero-order valence-electron chi connectivity index (χ0n) is 18.9. The van der Waals surface area contributed by atoms with E-state index in [9.17, 15) is 4.79 Å². The Kier molecular flexibility index (Phi) is 6.70. The Morgan fingerprint density at radius 2 is 1.91 bits per heavy atom. The van der Waals surface area contributed by atoms with Gasteiger partial charge >= 0.3 is 0 Å². The van der Waals surface area contributed by atoms with E-state index in [4.69, 9.17) is 20.9 Å². The molecule has 6 nitrogen and oxygen atoms in total. The van der Waals surface area contributed by atoms with Gasteiger partial charge in [-0.2, -0.15) is 4.73 Å². The molecule has 3 heterocycles. The van der Waals surface area contributed by atoms with E-state index in [1.165, 1.54) is 11.8 Å². The predicted molar refractivity (Wildman–Crippen MR) is 139 cm³/mol. The number of nitrogens with zero attached hydrogens (tertiary/aromatic N) is 3. The first-order valence-corrected chi connectivity index (χ1v) is 12.2. The van der Waals surface area contributed by atoms with Crippen molar-refractivity contribution in [3.05, 3.63) is 105 Å². The number of oxazole rings is 1. The summed E-state index contributed by atoms with van der Waals surface area (Å²) in [6, 6.07) is 19.2. The molecule has 0 N–H and O–H groups in total. The molecule has 0 radical (unpaired) electrons. The average molecular weight is 551 g/mol. The van der Waals surface area contributed by atoms with Crippen LogP contribution in [0.3, 0.4) is 0 Å². The van der Waals surface area contributed by atoms with Gasteiger partial charge in [-0.1, -0.05) is 51.8 Å². The quantitative estimate of drug-likeness (QED) is 0.206. The number of carbonyl (C=O) groups excluding carboxylic acids is 1. The van der Waals surface area contributed by atoms with Crippen molar-refractivity contribution in [3.8, 4) is 11.5 Å². The van der Waals surface area contributed by atoms with Crippen molar-refractivity contribution in [3.63, 3.8) is 0 Å². The third-order valence-electron chi connectivity index (χ3n) is 5.78. The molecule has 8 heteroatoms. The number of hydrogen-bond acceptors (Lipinski definition) is 5. The van der Waals surface area contributed by atoms with Crippen LogP contribution in [0.15, 0.2) is 81.9 Å². The van der Waals surface area contributed by atoms with E-state index in [2.05, 4.69) is 38.0 Å². The van der Waals surface area contributed by atoms with E-state index in [0.29, 0.717) is 23.1 Å². The average Bonchev–Trinajstić information content (AvgIpc) is 3.46. The number of pyridine rings is 1. The first kappa shape index (κ1) is 23.3. The molecule has 5 aromatic rings. The highest BCUT2D eigenvalue weighted by Gasteiger charge is 2.23. The maximum atomic E-state index is 13.1. The van der Waals surface area contributed by atoms with Gasteiger partial charge in [-0.3, -0.25) is 9.78 Å². The SMILES string of the molecule is Cc1c(CC(=O)c2ncc(-c3ccccn3)o2)c2c(Cl)cccc2n1OCCc1ccc(Br)cc1. The van der Waals surface area contributed by atoms with Gasteiger partial charge in [0.05, 0.1) is 22.4 Å². The minimum atomic E-state index is -0.246. The molecule has 5 rings (SSSR count). The second kappa shape index (κ2) is 10.1. The van der Waals surface area contributed by atoms with Gasteiger partial charge < -0.3 is 9.25 Å². The lowest BCUT2D eigenvalue weighted by Gasteiger charge is -2.11. The molecule has 0 fully saturated rings. The molecule has 176 valence electrons. The molecule has 0 atom stereocenters. The molecule has 2 aromatic carbocycles. The molecule has 0 aliphatic rings. The van der Waals surface area contributed by atoms with Gasteiger partial charge in [0, 0.05) is 28.9 Å². The number of benzene rings is 2. The van der Waals surface area contributed by atoms with Crippen LogP contribution < -0.4 is 4.84 Å². The fourth-order valence-corrected chi connectivity index (χ4v) is 4.57. The Bertz CT molecular complexity index is 1490. The van der Waals surface area contributed by atoms with Gasteiger partial charge in [-0.25, -0.2) is 4.98 Å². The maximum Gasteiger partial charge on any atom is 0.264 e. The standard InChI is InChI=1S/C27H21BrClN3O3/c1-17-20(15-24(33)27-31-16-25(35-27)22-6-2-3-13-30-22)26-21(29)5-4-7-23(26)32(17)34-14-12-18-8-10-19(28)11-9-18/h2-11,13,16H,12,14-15H2,1H3. The number of fused-ring (bicyclic) bond motifs is 1. The Morgan fingerprint density at radius 1 is 1.09 bits per heavy atom. The van der Waals surface area contributed by atoms with Crippen LogP contribution >= 0.6 is 27.5 Å². The van der Waals surface area contributed by atoms with Crippen LogP contribution in [-0.4, -0.2) is 27.1 Å². The number of ketones is 1. The largest absolute Gasteiger partial charge is 0.432 e. The van der Waals surface area contributed by atoms with Crippen molar-refractivity contribution in [2.45, 2.75) is 19.8 Å². The van der Waals surface area contributed by atoms with Crippen molar-refractivity contribution in [2.75, 3.05) is 6.61 Å². The van der Waals surface area contributed by atoms with E-state index in [0.717, 1.165) is 33.1 Å². The summed E-state index contributed by atoms with van der Waals surface area (Å²) in [5.41, 5.74) is 4.21. The summed E-state index contributed by atoms with van der Waals surface area (Å²) in [6.07, 6.45) is 4.01. The van der Waals surface area contributed by atoms with Gasteiger partial charge in [-0.05, 0) is 54.4 Å². The van der Waals surface area contributed by atoms with Crippen LogP contribution in [0.2, 0.25) is 5.02 Å². The normalized spacial score (nSPS) is 11.2. The number of halogens is 2. The minimum absolute atomic E-state index is 0.0363. The summed E-state index contributed by atoms with van der Waals surface area (Å²) in [4.78, 5) is 27.7. The van der Waals surface area contributed by atoms with E-state index < -0.39 is 0 Å². The highest BCUT2D eigenvalue weighted by atomic mass is 79.9. The fraction of sp³-hybridized carbons (Fsp3) is 0.148. The molecular weight excluding hydrogens is 530 g/mol. The van der Waals surface area contributed by atoms with Crippen molar-refractivity contribution in [2.24, 2.45) is 0 Å². The summed E-state index contributed by atoms with van der Waals surface area (Å²) >= 11 is 10.0.